The van der Waals surface area contributed by atoms with E-state index in [1.165, 1.54) is 7.11 Å². The summed E-state index contributed by atoms with van der Waals surface area (Å²) in [6, 6.07) is 0. The maximum Gasteiger partial charge on any atom is 0.186 e. The van der Waals surface area contributed by atoms with Gasteiger partial charge in [0.2, 0.25) is 0 Å². The Kier molecular flexibility index (Phi) is 3.60. The molecule has 1 aliphatic rings. The van der Waals surface area contributed by atoms with Crippen molar-refractivity contribution < 1.29 is 29.9 Å². The summed E-state index contributed by atoms with van der Waals surface area (Å²) < 4.78 is 9.65. The third kappa shape index (κ3) is 1.98. The second-order valence-electron chi connectivity index (χ2n) is 2.93. The van der Waals surface area contributed by atoms with Gasteiger partial charge in [-0.15, -0.1) is 0 Å². The minimum Gasteiger partial charge on any atom is -0.394 e. The number of hydrogen-bond donors (Lipinski definition) is 4. The lowest BCUT2D eigenvalue weighted by Crippen LogP contribution is -2.58. The zero-order valence-electron chi connectivity index (χ0n) is 7.20. The van der Waals surface area contributed by atoms with Crippen LogP contribution in [-0.2, 0) is 9.47 Å². The zero-order valence-corrected chi connectivity index (χ0v) is 7.20. The summed E-state index contributed by atoms with van der Waals surface area (Å²) >= 11 is 0. The summed E-state index contributed by atoms with van der Waals surface area (Å²) in [7, 11) is 1.30. The van der Waals surface area contributed by atoms with Crippen LogP contribution in [0.4, 0.5) is 0 Å². The molecule has 6 nitrogen and oxygen atoms in total. The molecule has 0 saturated carbocycles. The van der Waals surface area contributed by atoms with Crippen LogP contribution in [0.2, 0.25) is 0 Å². The topological polar surface area (TPSA) is 99.4 Å². The van der Waals surface area contributed by atoms with Gasteiger partial charge in [-0.1, -0.05) is 0 Å². The van der Waals surface area contributed by atoms with Gasteiger partial charge in [0.25, 0.3) is 0 Å². The summed E-state index contributed by atoms with van der Waals surface area (Å²) in [6.45, 7) is -0.440. The molecule has 1 unspecified atom stereocenters. The van der Waals surface area contributed by atoms with Crippen LogP contribution in [0.1, 0.15) is 0 Å². The van der Waals surface area contributed by atoms with Crippen molar-refractivity contribution >= 4 is 0 Å². The van der Waals surface area contributed by atoms with E-state index in [0.717, 1.165) is 0 Å². The van der Waals surface area contributed by atoms with Crippen LogP contribution >= 0.6 is 0 Å². The van der Waals surface area contributed by atoms with Gasteiger partial charge in [-0.2, -0.15) is 0 Å². The fourth-order valence-corrected chi connectivity index (χ4v) is 1.26. The van der Waals surface area contributed by atoms with Crippen LogP contribution < -0.4 is 0 Å². The van der Waals surface area contributed by atoms with Crippen LogP contribution in [0.25, 0.3) is 0 Å². The highest BCUT2D eigenvalue weighted by Gasteiger charge is 2.43. The maximum atomic E-state index is 9.28. The summed E-state index contributed by atoms with van der Waals surface area (Å²) in [5.74, 6) is 0. The van der Waals surface area contributed by atoms with E-state index in [4.69, 9.17) is 14.6 Å². The smallest absolute Gasteiger partial charge is 0.186 e. The Morgan fingerprint density at radius 3 is 2.23 bits per heavy atom. The third-order valence-corrected chi connectivity index (χ3v) is 2.08. The molecule has 0 radical (unpaired) electrons. The van der Waals surface area contributed by atoms with Gasteiger partial charge in [0.05, 0.1) is 6.61 Å². The second kappa shape index (κ2) is 4.32. The molecule has 0 aliphatic carbocycles. The van der Waals surface area contributed by atoms with Gasteiger partial charge in [-0.3, -0.25) is 0 Å². The first-order valence-corrected chi connectivity index (χ1v) is 3.95. The van der Waals surface area contributed by atoms with E-state index < -0.39 is 37.3 Å². The lowest BCUT2D eigenvalue weighted by atomic mass is 9.99. The van der Waals surface area contributed by atoms with Crippen molar-refractivity contribution in [1.82, 2.24) is 0 Å². The summed E-state index contributed by atoms with van der Waals surface area (Å²) in [5, 5.41) is 36.6. The number of methoxy groups -OCH3 is 1. The summed E-state index contributed by atoms with van der Waals surface area (Å²) in [4.78, 5) is 0. The Labute approximate surface area is 75.3 Å². The molecule has 0 aromatic rings. The van der Waals surface area contributed by atoms with Crippen molar-refractivity contribution in [2.45, 2.75) is 30.7 Å². The Hall–Kier alpha value is -0.240. The van der Waals surface area contributed by atoms with Crippen molar-refractivity contribution in [3.63, 3.8) is 0 Å². The van der Waals surface area contributed by atoms with E-state index >= 15 is 0 Å². The normalized spacial score (nSPS) is 46.4. The number of hydrogen-bond acceptors (Lipinski definition) is 6. The fourth-order valence-electron chi connectivity index (χ4n) is 1.26. The first-order chi connectivity index (χ1) is 6.11. The van der Waals surface area contributed by atoms with Crippen LogP contribution in [0.5, 0.6) is 0 Å². The molecular weight excluding hydrogens is 180 g/mol. The Morgan fingerprint density at radius 2 is 1.77 bits per heavy atom. The van der Waals surface area contributed by atoms with E-state index in [9.17, 15) is 15.3 Å². The van der Waals surface area contributed by atoms with Gasteiger partial charge in [0.1, 0.15) is 24.4 Å². The first-order valence-electron chi connectivity index (χ1n) is 3.95. The van der Waals surface area contributed by atoms with Gasteiger partial charge >= 0.3 is 0 Å². The number of aliphatic hydroxyl groups is 4. The van der Waals surface area contributed by atoms with Crippen LogP contribution in [0.15, 0.2) is 0 Å². The molecule has 0 aromatic carbocycles. The van der Waals surface area contributed by atoms with Gasteiger partial charge in [0, 0.05) is 7.11 Å². The van der Waals surface area contributed by atoms with Gasteiger partial charge < -0.3 is 29.9 Å². The molecule has 78 valence electrons. The van der Waals surface area contributed by atoms with Gasteiger partial charge in [0.15, 0.2) is 6.29 Å². The number of aliphatic hydroxyl groups excluding tert-OH is 4. The molecule has 1 fully saturated rings. The molecule has 0 spiro atoms. The molecule has 1 heterocycles. The minimum atomic E-state index is -1.36. The highest BCUT2D eigenvalue weighted by Crippen LogP contribution is 2.20. The quantitative estimate of drug-likeness (QED) is 0.386. The average Bonchev–Trinajstić information content (AvgIpc) is 2.15. The molecule has 6 heteroatoms. The van der Waals surface area contributed by atoms with Crippen molar-refractivity contribution in [2.75, 3.05) is 13.7 Å². The molecule has 0 bridgehead atoms. The lowest BCUT2D eigenvalue weighted by molar-refractivity contribution is -0.294. The molecule has 1 aliphatic heterocycles. The van der Waals surface area contributed by atoms with E-state index in [1.54, 1.807) is 0 Å². The minimum absolute atomic E-state index is 0.440. The van der Waals surface area contributed by atoms with Gasteiger partial charge in [-0.25, -0.2) is 0 Å². The number of rotatable bonds is 2. The van der Waals surface area contributed by atoms with Crippen molar-refractivity contribution in [3.8, 4) is 0 Å². The second-order valence-corrected chi connectivity index (χ2v) is 2.93. The highest BCUT2D eigenvalue weighted by atomic mass is 16.7. The first kappa shape index (κ1) is 10.8. The number of ether oxygens (including phenoxy) is 2. The largest absolute Gasteiger partial charge is 0.394 e. The van der Waals surface area contributed by atoms with Crippen molar-refractivity contribution in [2.24, 2.45) is 0 Å². The molecule has 5 atom stereocenters. The molecule has 1 rings (SSSR count). The third-order valence-electron chi connectivity index (χ3n) is 2.08. The van der Waals surface area contributed by atoms with Crippen molar-refractivity contribution in [3.05, 3.63) is 0 Å². The molecule has 0 aromatic heterocycles. The molecule has 13 heavy (non-hydrogen) atoms. The fraction of sp³-hybridized carbons (Fsp3) is 1.00. The van der Waals surface area contributed by atoms with E-state index in [-0.39, 0.29) is 0 Å². The maximum absolute atomic E-state index is 9.28. The highest BCUT2D eigenvalue weighted by molar-refractivity contribution is 4.88. The SMILES string of the molecule is COC1O[C@H](CO)[C@H](O)[C@@H](O)[C@H]1O. The lowest BCUT2D eigenvalue weighted by Gasteiger charge is -2.38. The van der Waals surface area contributed by atoms with Gasteiger partial charge in [-0.05, 0) is 0 Å². The predicted octanol–water partition coefficient (Wildman–Crippen LogP) is -2.57. The Balaban J connectivity index is 2.66. The van der Waals surface area contributed by atoms with E-state index in [0.29, 0.717) is 0 Å². The zero-order chi connectivity index (χ0) is 10.0. The molecule has 0 amide bonds. The Bertz CT molecular complexity index is 143. The monoisotopic (exact) mass is 194 g/mol. The standard InChI is InChI=1S/C7H14O6/c1-12-7-6(11)5(10)4(9)3(2-8)13-7/h3-11H,2H2,1H3/t3-,4+,5-,6-,7?/m1/s1. The summed E-state index contributed by atoms with van der Waals surface area (Å²) in [6.07, 6.45) is -5.91. The average molecular weight is 194 g/mol. The van der Waals surface area contributed by atoms with Crippen molar-refractivity contribution in [1.29, 1.82) is 0 Å². The van der Waals surface area contributed by atoms with E-state index in [1.807, 2.05) is 0 Å². The molecule has 4 N–H and O–H groups in total. The van der Waals surface area contributed by atoms with Crippen LogP contribution in [0.3, 0.4) is 0 Å². The summed E-state index contributed by atoms with van der Waals surface area (Å²) in [5.41, 5.74) is 0. The molecular formula is C7H14O6. The van der Waals surface area contributed by atoms with Crippen LogP contribution in [-0.4, -0.2) is 64.8 Å². The predicted molar refractivity (Wildman–Crippen MR) is 40.8 cm³/mol. The Morgan fingerprint density at radius 1 is 1.15 bits per heavy atom. The molecule has 1 saturated heterocycles. The van der Waals surface area contributed by atoms with E-state index in [2.05, 4.69) is 0 Å². The van der Waals surface area contributed by atoms with Crippen LogP contribution in [0, 0.1) is 0 Å².